The molecule has 12 heteroatoms. The lowest BCUT2D eigenvalue weighted by Gasteiger charge is -2.44. The van der Waals surface area contributed by atoms with E-state index in [1.807, 2.05) is 0 Å². The molecule has 6 atom stereocenters. The molecule has 0 bridgehead atoms. The maximum atomic E-state index is 11.3. The van der Waals surface area contributed by atoms with Gasteiger partial charge in [-0.3, -0.25) is 20.1 Å². The van der Waals surface area contributed by atoms with E-state index in [4.69, 9.17) is 32.4 Å². The van der Waals surface area contributed by atoms with Crippen molar-refractivity contribution in [2.45, 2.75) is 42.9 Å². The summed E-state index contributed by atoms with van der Waals surface area (Å²) < 4.78 is 9.79. The van der Waals surface area contributed by atoms with Gasteiger partial charge in [-0.05, 0) is 0 Å². The second-order valence-corrected chi connectivity index (χ2v) is 4.77. The largest absolute Gasteiger partial charge is 0.387 e. The molecule has 1 saturated heterocycles. The van der Waals surface area contributed by atoms with E-state index in [1.165, 1.54) is 0 Å². The second kappa shape index (κ2) is 6.51. The normalized spacial score (nSPS) is 36.5. The number of amides is 3. The van der Waals surface area contributed by atoms with E-state index in [9.17, 15) is 29.7 Å². The van der Waals surface area contributed by atoms with Crippen LogP contribution in [0.1, 0.15) is 6.42 Å². The van der Waals surface area contributed by atoms with Crippen molar-refractivity contribution >= 4 is 17.7 Å². The summed E-state index contributed by atoms with van der Waals surface area (Å²) in [6.07, 6.45) is -10.1. The first kappa shape index (κ1) is 18.2. The molecule has 0 aromatic rings. The molecule has 0 aromatic carbocycles. The number of aliphatic hydroxyl groups excluding tert-OH is 3. The van der Waals surface area contributed by atoms with Crippen molar-refractivity contribution in [3.05, 3.63) is 0 Å². The molecule has 1 aliphatic rings. The minimum absolute atomic E-state index is 0.644. The fraction of sp³-hybridized carbons (Fsp3) is 0.700. The van der Waals surface area contributed by atoms with Gasteiger partial charge >= 0.3 is 0 Å². The number of hydrogen-bond acceptors (Lipinski definition) is 9. The fourth-order valence-electron chi connectivity index (χ4n) is 1.81. The maximum absolute atomic E-state index is 11.3. The van der Waals surface area contributed by atoms with Gasteiger partial charge in [0.25, 0.3) is 5.91 Å². The molecule has 3 amide bonds. The number of nitrogens with two attached hydrogens (primary N) is 4. The van der Waals surface area contributed by atoms with Crippen molar-refractivity contribution in [2.24, 2.45) is 22.9 Å². The predicted molar refractivity (Wildman–Crippen MR) is 66.9 cm³/mol. The Bertz CT molecular complexity index is 474. The second-order valence-electron chi connectivity index (χ2n) is 4.77. The third-order valence-electron chi connectivity index (χ3n) is 3.09. The minimum Gasteiger partial charge on any atom is -0.387 e. The molecule has 1 rings (SSSR count). The summed E-state index contributed by atoms with van der Waals surface area (Å²) in [6.45, 7) is 0. The van der Waals surface area contributed by atoms with Gasteiger partial charge in [-0.1, -0.05) is 0 Å². The van der Waals surface area contributed by atoms with E-state index in [1.54, 1.807) is 0 Å². The van der Waals surface area contributed by atoms with Crippen LogP contribution in [0.3, 0.4) is 0 Å². The molecule has 0 saturated carbocycles. The average molecular weight is 322 g/mol. The molecular weight excluding hydrogens is 304 g/mol. The van der Waals surface area contributed by atoms with Gasteiger partial charge in [0.05, 0.1) is 6.42 Å². The van der Waals surface area contributed by atoms with Crippen LogP contribution < -0.4 is 22.9 Å². The zero-order chi connectivity index (χ0) is 17.2. The predicted octanol–water partition coefficient (Wildman–Crippen LogP) is -5.69. The Labute approximate surface area is 123 Å². The summed E-state index contributed by atoms with van der Waals surface area (Å²) in [7, 11) is 0. The van der Waals surface area contributed by atoms with Gasteiger partial charge < -0.3 is 42.0 Å². The molecule has 22 heavy (non-hydrogen) atoms. The molecule has 0 aromatic heterocycles. The lowest BCUT2D eigenvalue weighted by Crippen LogP contribution is -2.73. The molecule has 12 nitrogen and oxygen atoms in total. The monoisotopic (exact) mass is 322 g/mol. The molecule has 1 heterocycles. The number of rotatable bonds is 6. The van der Waals surface area contributed by atoms with Gasteiger partial charge in [-0.2, -0.15) is 0 Å². The number of primary amides is 3. The Hall–Kier alpha value is -1.83. The van der Waals surface area contributed by atoms with Crippen LogP contribution >= 0.6 is 0 Å². The zero-order valence-corrected chi connectivity index (χ0v) is 11.3. The van der Waals surface area contributed by atoms with E-state index in [2.05, 4.69) is 0 Å². The lowest BCUT2D eigenvalue weighted by atomic mass is 9.93. The van der Waals surface area contributed by atoms with Gasteiger partial charge in [0.15, 0.2) is 6.29 Å². The standard InChI is InChI=1S/C10H18N4O8/c11-3(15)1-2(7(12)19)21-8-5(17)4(16)6(18)10(14,22-8)9(13)20/h2,4-6,8,16-18H,1,14H2,(H2,11,15)(H2,12,19)(H2,13,20)/t2?,4?,5?,6-,8+,10?/m1/s1. The first-order valence-corrected chi connectivity index (χ1v) is 6.04. The molecule has 1 aliphatic heterocycles. The quantitative estimate of drug-likeness (QED) is 0.246. The number of aliphatic hydroxyl groups is 3. The Kier molecular flexibility index (Phi) is 5.39. The number of carbonyl (C=O) groups is 3. The third kappa shape index (κ3) is 3.49. The molecular formula is C10H18N4O8. The van der Waals surface area contributed by atoms with E-state index >= 15 is 0 Å². The van der Waals surface area contributed by atoms with Crippen molar-refractivity contribution in [3.63, 3.8) is 0 Å². The summed E-state index contributed by atoms with van der Waals surface area (Å²) in [5.41, 5.74) is 17.7. The van der Waals surface area contributed by atoms with E-state index in [0.29, 0.717) is 0 Å². The lowest BCUT2D eigenvalue weighted by molar-refractivity contribution is -0.326. The van der Waals surface area contributed by atoms with Crippen LogP contribution in [0.5, 0.6) is 0 Å². The molecule has 0 spiro atoms. The number of ether oxygens (including phenoxy) is 2. The number of hydrogen-bond donors (Lipinski definition) is 7. The topological polar surface area (TPSA) is 234 Å². The Balaban J connectivity index is 2.99. The summed E-state index contributed by atoms with van der Waals surface area (Å²) in [5, 5.41) is 29.1. The van der Waals surface area contributed by atoms with Gasteiger partial charge in [0, 0.05) is 0 Å². The Morgan fingerprint density at radius 2 is 1.68 bits per heavy atom. The summed E-state index contributed by atoms with van der Waals surface area (Å²) in [5.74, 6) is -3.41. The fourth-order valence-corrected chi connectivity index (χ4v) is 1.81. The van der Waals surface area contributed by atoms with Crippen LogP contribution in [0.15, 0.2) is 0 Å². The van der Waals surface area contributed by atoms with Gasteiger partial charge in [-0.25, -0.2) is 0 Å². The maximum Gasteiger partial charge on any atom is 0.267 e. The van der Waals surface area contributed by atoms with Crippen molar-refractivity contribution in [2.75, 3.05) is 0 Å². The van der Waals surface area contributed by atoms with Crippen LogP contribution in [0.4, 0.5) is 0 Å². The highest BCUT2D eigenvalue weighted by molar-refractivity contribution is 5.86. The summed E-state index contributed by atoms with van der Waals surface area (Å²) >= 11 is 0. The van der Waals surface area contributed by atoms with Gasteiger partial charge in [0.1, 0.15) is 24.4 Å². The summed E-state index contributed by atoms with van der Waals surface area (Å²) in [6, 6.07) is 0. The van der Waals surface area contributed by atoms with Gasteiger partial charge in [0.2, 0.25) is 17.5 Å². The average Bonchev–Trinajstić information content (AvgIpc) is 2.40. The molecule has 126 valence electrons. The van der Waals surface area contributed by atoms with Crippen LogP contribution in [-0.4, -0.2) is 69.5 Å². The molecule has 11 N–H and O–H groups in total. The van der Waals surface area contributed by atoms with E-state index < -0.39 is 60.6 Å². The molecule has 0 radical (unpaired) electrons. The molecule has 4 unspecified atom stereocenters. The Morgan fingerprint density at radius 3 is 2.09 bits per heavy atom. The highest BCUT2D eigenvalue weighted by atomic mass is 16.7. The van der Waals surface area contributed by atoms with Crippen molar-refractivity contribution in [1.29, 1.82) is 0 Å². The highest BCUT2D eigenvalue weighted by Crippen LogP contribution is 2.28. The van der Waals surface area contributed by atoms with Gasteiger partial charge in [-0.15, -0.1) is 0 Å². The Morgan fingerprint density at radius 1 is 1.14 bits per heavy atom. The summed E-state index contributed by atoms with van der Waals surface area (Å²) in [4.78, 5) is 33.3. The minimum atomic E-state index is -2.59. The zero-order valence-electron chi connectivity index (χ0n) is 11.3. The smallest absolute Gasteiger partial charge is 0.267 e. The highest BCUT2D eigenvalue weighted by Gasteiger charge is 2.56. The van der Waals surface area contributed by atoms with E-state index in [-0.39, 0.29) is 0 Å². The van der Waals surface area contributed by atoms with Crippen LogP contribution in [0, 0.1) is 0 Å². The van der Waals surface area contributed by atoms with E-state index in [0.717, 1.165) is 0 Å². The SMILES string of the molecule is NC(=O)CC(O[C@H]1OC(N)(C(N)=O)[C@H](O)C(O)C1O)C(N)=O. The van der Waals surface area contributed by atoms with Crippen molar-refractivity contribution < 1.29 is 39.2 Å². The molecule has 0 aliphatic carbocycles. The van der Waals surface area contributed by atoms with Crippen LogP contribution in [0.25, 0.3) is 0 Å². The first-order valence-electron chi connectivity index (χ1n) is 6.04. The van der Waals surface area contributed by atoms with Crippen LogP contribution in [-0.2, 0) is 23.9 Å². The third-order valence-corrected chi connectivity index (χ3v) is 3.09. The van der Waals surface area contributed by atoms with Crippen LogP contribution in [0.2, 0.25) is 0 Å². The first-order chi connectivity index (χ1) is 10.0. The number of carbonyl (C=O) groups excluding carboxylic acids is 3. The molecule has 1 fully saturated rings. The van der Waals surface area contributed by atoms with Crippen molar-refractivity contribution in [1.82, 2.24) is 0 Å². The van der Waals surface area contributed by atoms with Crippen molar-refractivity contribution in [3.8, 4) is 0 Å².